The Balaban J connectivity index is 1.79. The van der Waals surface area contributed by atoms with Gasteiger partial charge in [0.2, 0.25) is 0 Å². The zero-order chi connectivity index (χ0) is 20.2. The van der Waals surface area contributed by atoms with Gasteiger partial charge in [-0.25, -0.2) is 9.59 Å². The van der Waals surface area contributed by atoms with Crippen LogP contribution in [0.5, 0.6) is 0 Å². The van der Waals surface area contributed by atoms with Crippen molar-refractivity contribution in [1.82, 2.24) is 19.0 Å². The zero-order valence-corrected chi connectivity index (χ0v) is 18.0. The number of hydrogen-bond acceptors (Lipinski definition) is 4. The van der Waals surface area contributed by atoms with E-state index in [0.717, 1.165) is 26.4 Å². The highest BCUT2D eigenvalue weighted by molar-refractivity contribution is 9.10. The average Bonchev–Trinajstić information content (AvgIpc) is 3.18. The molecule has 0 unspecified atom stereocenters. The molecule has 4 rings (SSSR count). The van der Waals surface area contributed by atoms with Crippen molar-refractivity contribution in [2.45, 2.75) is 38.8 Å². The maximum Gasteiger partial charge on any atom is 0.410 e. The van der Waals surface area contributed by atoms with Gasteiger partial charge in [-0.3, -0.25) is 14.1 Å². The topological polar surface area (TPSA) is 69.4 Å². The van der Waals surface area contributed by atoms with E-state index in [4.69, 9.17) is 4.74 Å². The molecule has 0 radical (unpaired) electrons. The number of amides is 1. The Labute approximate surface area is 171 Å². The van der Waals surface area contributed by atoms with Gasteiger partial charge in [0.25, 0.3) is 0 Å². The summed E-state index contributed by atoms with van der Waals surface area (Å²) in [6.07, 6.45) is 2.11. The number of carbonyl (C=O) groups is 1. The molecule has 3 aromatic rings. The van der Waals surface area contributed by atoms with E-state index < -0.39 is 5.60 Å². The van der Waals surface area contributed by atoms with Gasteiger partial charge in [-0.05, 0) is 45.4 Å². The number of aryl methyl sites for hydroxylation is 1. The highest BCUT2D eigenvalue weighted by Gasteiger charge is 2.33. The van der Waals surface area contributed by atoms with E-state index in [0.29, 0.717) is 19.5 Å². The molecule has 1 fully saturated rings. The molecule has 7 nitrogen and oxygen atoms in total. The van der Waals surface area contributed by atoms with Crippen LogP contribution in [-0.2, 0) is 11.8 Å². The summed E-state index contributed by atoms with van der Waals surface area (Å²) in [6.45, 7) is 6.57. The third-order valence-corrected chi connectivity index (χ3v) is 5.55. The molecule has 1 atom stereocenters. The number of likely N-dealkylation sites (tertiary alicyclic amines) is 1. The Kier molecular flexibility index (Phi) is 4.49. The molecule has 148 valence electrons. The van der Waals surface area contributed by atoms with Gasteiger partial charge in [0, 0.05) is 30.0 Å². The number of ether oxygens (including phenoxy) is 1. The van der Waals surface area contributed by atoms with Crippen molar-refractivity contribution in [2.75, 3.05) is 13.1 Å². The lowest BCUT2D eigenvalue weighted by Crippen LogP contribution is -2.36. The van der Waals surface area contributed by atoms with Crippen LogP contribution < -0.4 is 5.69 Å². The molecule has 1 saturated heterocycles. The van der Waals surface area contributed by atoms with Crippen LogP contribution in [0.4, 0.5) is 4.79 Å². The Bertz CT molecular complexity index is 1140. The van der Waals surface area contributed by atoms with E-state index in [2.05, 4.69) is 20.9 Å². The van der Waals surface area contributed by atoms with Gasteiger partial charge in [-0.1, -0.05) is 15.9 Å². The molecule has 1 aliphatic heterocycles. The second-order valence-corrected chi connectivity index (χ2v) is 9.15. The lowest BCUT2D eigenvalue weighted by atomic mass is 10.1. The van der Waals surface area contributed by atoms with Crippen LogP contribution in [0.2, 0.25) is 0 Å². The summed E-state index contributed by atoms with van der Waals surface area (Å²) in [4.78, 5) is 31.7. The summed E-state index contributed by atoms with van der Waals surface area (Å²) in [7, 11) is 1.76. The van der Waals surface area contributed by atoms with Crippen molar-refractivity contribution in [3.8, 4) is 0 Å². The van der Waals surface area contributed by atoms with E-state index in [1.165, 1.54) is 0 Å². The van der Waals surface area contributed by atoms with Gasteiger partial charge in [0.1, 0.15) is 5.60 Å². The molecule has 28 heavy (non-hydrogen) atoms. The highest BCUT2D eigenvalue weighted by Crippen LogP contribution is 2.31. The van der Waals surface area contributed by atoms with Gasteiger partial charge in [0.05, 0.1) is 28.8 Å². The summed E-state index contributed by atoms with van der Waals surface area (Å²) in [5.41, 5.74) is 1.83. The summed E-state index contributed by atoms with van der Waals surface area (Å²) >= 11 is 3.52. The molecule has 1 aromatic carbocycles. The number of aromatic nitrogens is 3. The number of rotatable bonds is 1. The Morgan fingerprint density at radius 3 is 2.79 bits per heavy atom. The number of halogens is 1. The molecule has 0 saturated carbocycles. The van der Waals surface area contributed by atoms with Crippen LogP contribution in [0, 0.1) is 0 Å². The number of nitrogens with zero attached hydrogens (tertiary/aromatic N) is 4. The summed E-state index contributed by atoms with van der Waals surface area (Å²) in [6, 6.07) is 5.75. The van der Waals surface area contributed by atoms with Gasteiger partial charge < -0.3 is 9.64 Å². The van der Waals surface area contributed by atoms with Crippen LogP contribution in [0.3, 0.4) is 0 Å². The van der Waals surface area contributed by atoms with Gasteiger partial charge >= 0.3 is 11.8 Å². The van der Waals surface area contributed by atoms with Gasteiger partial charge in [-0.15, -0.1) is 0 Å². The van der Waals surface area contributed by atoms with Crippen molar-refractivity contribution in [3.05, 3.63) is 39.4 Å². The smallest absolute Gasteiger partial charge is 0.410 e. The first kappa shape index (κ1) is 19.0. The van der Waals surface area contributed by atoms with E-state index in [9.17, 15) is 9.59 Å². The molecule has 1 amide bonds. The van der Waals surface area contributed by atoms with E-state index in [1.54, 1.807) is 22.7 Å². The molecule has 3 heterocycles. The van der Waals surface area contributed by atoms with Crippen molar-refractivity contribution >= 4 is 44.0 Å². The summed E-state index contributed by atoms with van der Waals surface area (Å²) < 4.78 is 9.86. The standard InChI is InChI=1S/C20H23BrN4O3/c1-20(2,3)28-19(27)24-8-7-13(11-24)25-17-14-9-12(21)5-6-15(14)22-10-16(17)23(4)18(25)26/h5-6,9-10,13H,7-8,11H2,1-4H3/t13-/m1/s1. The maximum absolute atomic E-state index is 13.1. The van der Waals surface area contributed by atoms with Crippen LogP contribution in [0.1, 0.15) is 33.2 Å². The normalized spacial score (nSPS) is 17.6. The second-order valence-electron chi connectivity index (χ2n) is 8.23. The van der Waals surface area contributed by atoms with E-state index in [1.807, 2.05) is 43.5 Å². The fourth-order valence-corrected chi connectivity index (χ4v) is 4.14. The van der Waals surface area contributed by atoms with Gasteiger partial charge in [-0.2, -0.15) is 0 Å². The molecular formula is C20H23BrN4O3. The lowest BCUT2D eigenvalue weighted by molar-refractivity contribution is 0.0289. The van der Waals surface area contributed by atoms with Crippen LogP contribution in [-0.4, -0.2) is 43.8 Å². The van der Waals surface area contributed by atoms with Crippen LogP contribution in [0.25, 0.3) is 21.9 Å². The van der Waals surface area contributed by atoms with Crippen molar-refractivity contribution < 1.29 is 9.53 Å². The Morgan fingerprint density at radius 1 is 1.32 bits per heavy atom. The Hall–Kier alpha value is -2.35. The summed E-state index contributed by atoms with van der Waals surface area (Å²) in [5.74, 6) is 0. The molecule has 0 N–H and O–H groups in total. The number of pyridine rings is 1. The fraction of sp³-hybridized carbons (Fsp3) is 0.450. The lowest BCUT2D eigenvalue weighted by Gasteiger charge is -2.24. The molecular weight excluding hydrogens is 424 g/mol. The number of imidazole rings is 1. The van der Waals surface area contributed by atoms with Crippen LogP contribution in [0.15, 0.2) is 33.7 Å². The minimum absolute atomic E-state index is 0.0969. The van der Waals surface area contributed by atoms with E-state index >= 15 is 0 Å². The quantitative estimate of drug-likeness (QED) is 0.569. The minimum atomic E-state index is -0.542. The monoisotopic (exact) mass is 446 g/mol. The number of benzene rings is 1. The van der Waals surface area contributed by atoms with Crippen molar-refractivity contribution in [1.29, 1.82) is 0 Å². The van der Waals surface area contributed by atoms with Crippen LogP contribution >= 0.6 is 15.9 Å². The fourth-order valence-electron chi connectivity index (χ4n) is 3.78. The molecule has 2 aromatic heterocycles. The predicted molar refractivity (Wildman–Crippen MR) is 112 cm³/mol. The number of fused-ring (bicyclic) bond motifs is 3. The summed E-state index contributed by atoms with van der Waals surface area (Å²) in [5, 5.41) is 0.917. The Morgan fingerprint density at radius 2 is 2.07 bits per heavy atom. The average molecular weight is 447 g/mol. The molecule has 8 heteroatoms. The first-order valence-corrected chi connectivity index (χ1v) is 10.1. The largest absolute Gasteiger partial charge is 0.444 e. The SMILES string of the molecule is Cn1c(=O)n([C@@H]2CCN(C(=O)OC(C)(C)C)C2)c2c3cc(Br)ccc3ncc21. The van der Waals surface area contributed by atoms with Gasteiger partial charge in [0.15, 0.2) is 0 Å². The molecule has 0 spiro atoms. The van der Waals surface area contributed by atoms with Crippen molar-refractivity contribution in [3.63, 3.8) is 0 Å². The zero-order valence-electron chi connectivity index (χ0n) is 16.4. The molecule has 0 bridgehead atoms. The van der Waals surface area contributed by atoms with Crippen molar-refractivity contribution in [2.24, 2.45) is 7.05 Å². The molecule has 0 aliphatic carbocycles. The minimum Gasteiger partial charge on any atom is -0.444 e. The molecule has 1 aliphatic rings. The highest BCUT2D eigenvalue weighted by atomic mass is 79.9. The first-order chi connectivity index (χ1) is 13.2. The number of carbonyl (C=O) groups excluding carboxylic acids is 1. The maximum atomic E-state index is 13.1. The first-order valence-electron chi connectivity index (χ1n) is 9.29. The second kappa shape index (κ2) is 6.62. The number of hydrogen-bond donors (Lipinski definition) is 0. The predicted octanol–water partition coefficient (Wildman–Crippen LogP) is 3.83. The third-order valence-electron chi connectivity index (χ3n) is 5.06. The third kappa shape index (κ3) is 3.19. The van der Waals surface area contributed by atoms with E-state index in [-0.39, 0.29) is 17.8 Å².